The van der Waals surface area contributed by atoms with Crippen LogP contribution in [0.1, 0.15) is 37.2 Å². The minimum Gasteiger partial charge on any atom is -0.368 e. The molecule has 2 aliphatic rings. The molecule has 1 aromatic heterocycles. The van der Waals surface area contributed by atoms with Gasteiger partial charge in [-0.1, -0.05) is 23.7 Å². The summed E-state index contributed by atoms with van der Waals surface area (Å²) in [5.74, 6) is 1.74. The molecular formula is C18H25ClN6. The van der Waals surface area contributed by atoms with Crippen LogP contribution in [0, 0.1) is 0 Å². The Hall–Kier alpha value is -1.79. The molecule has 1 atom stereocenters. The van der Waals surface area contributed by atoms with E-state index in [0.717, 1.165) is 43.4 Å². The lowest BCUT2D eigenvalue weighted by Crippen LogP contribution is -2.48. The van der Waals surface area contributed by atoms with E-state index < -0.39 is 0 Å². The van der Waals surface area contributed by atoms with Crippen LogP contribution in [0.2, 0.25) is 5.02 Å². The van der Waals surface area contributed by atoms with E-state index in [9.17, 15) is 0 Å². The fourth-order valence-corrected chi connectivity index (χ4v) is 4.31. The molecule has 4 rings (SSSR count). The maximum absolute atomic E-state index is 6.03. The molecule has 3 heterocycles. The number of likely N-dealkylation sites (tertiary alicyclic amines) is 1. The van der Waals surface area contributed by atoms with Gasteiger partial charge in [0.05, 0.1) is 0 Å². The predicted molar refractivity (Wildman–Crippen MR) is 101 cm³/mol. The number of benzene rings is 1. The number of nitrogens with zero attached hydrogens (tertiary/aromatic N) is 4. The van der Waals surface area contributed by atoms with Gasteiger partial charge in [0.1, 0.15) is 0 Å². The summed E-state index contributed by atoms with van der Waals surface area (Å²) in [6, 6.07) is 9.05. The van der Waals surface area contributed by atoms with E-state index in [-0.39, 0.29) is 0 Å². The molecule has 0 bridgehead atoms. The summed E-state index contributed by atoms with van der Waals surface area (Å²) in [6.07, 6.45) is 4.85. The van der Waals surface area contributed by atoms with Crippen molar-refractivity contribution in [2.24, 2.45) is 0 Å². The van der Waals surface area contributed by atoms with Crippen LogP contribution in [0.25, 0.3) is 0 Å². The highest BCUT2D eigenvalue weighted by molar-refractivity contribution is 6.30. The Morgan fingerprint density at radius 1 is 1.08 bits per heavy atom. The minimum atomic E-state index is 0.388. The summed E-state index contributed by atoms with van der Waals surface area (Å²) in [7, 11) is 0. The summed E-state index contributed by atoms with van der Waals surface area (Å²) < 4.78 is 0. The van der Waals surface area contributed by atoms with Gasteiger partial charge in [-0.2, -0.15) is 4.98 Å². The van der Waals surface area contributed by atoms with Crippen LogP contribution >= 0.6 is 11.6 Å². The van der Waals surface area contributed by atoms with E-state index in [0.29, 0.717) is 17.9 Å². The van der Waals surface area contributed by atoms with E-state index >= 15 is 0 Å². The normalized spacial score (nSPS) is 23.1. The summed E-state index contributed by atoms with van der Waals surface area (Å²) in [4.78, 5) is 9.16. The van der Waals surface area contributed by atoms with E-state index in [4.69, 9.17) is 17.3 Å². The van der Waals surface area contributed by atoms with Crippen LogP contribution in [-0.4, -0.2) is 52.3 Å². The molecule has 6 nitrogen and oxygen atoms in total. The number of nitrogens with one attached hydrogen (secondary N) is 1. The number of anilines is 2. The molecule has 0 amide bonds. The smallest absolute Gasteiger partial charge is 0.246 e. The van der Waals surface area contributed by atoms with E-state index in [1.807, 2.05) is 12.1 Å². The Morgan fingerprint density at radius 3 is 2.52 bits per heavy atom. The van der Waals surface area contributed by atoms with Crippen LogP contribution in [-0.2, 0) is 0 Å². The second kappa shape index (κ2) is 7.22. The van der Waals surface area contributed by atoms with Crippen molar-refractivity contribution in [3.63, 3.8) is 0 Å². The number of aromatic amines is 1. The van der Waals surface area contributed by atoms with Crippen molar-refractivity contribution in [1.29, 1.82) is 0 Å². The quantitative estimate of drug-likeness (QED) is 0.880. The number of aromatic nitrogens is 3. The predicted octanol–water partition coefficient (Wildman–Crippen LogP) is 2.89. The van der Waals surface area contributed by atoms with Gasteiger partial charge in [0.2, 0.25) is 11.9 Å². The monoisotopic (exact) mass is 360 g/mol. The molecule has 2 fully saturated rings. The van der Waals surface area contributed by atoms with Crippen LogP contribution in [0.5, 0.6) is 0 Å². The molecule has 0 aliphatic carbocycles. The lowest BCUT2D eigenvalue weighted by molar-refractivity contribution is 0.128. The van der Waals surface area contributed by atoms with Gasteiger partial charge in [0.25, 0.3) is 0 Å². The highest BCUT2D eigenvalue weighted by Gasteiger charge is 2.30. The molecule has 1 aromatic carbocycles. The molecule has 7 heteroatoms. The van der Waals surface area contributed by atoms with Crippen molar-refractivity contribution >= 4 is 23.5 Å². The largest absolute Gasteiger partial charge is 0.368 e. The standard InChI is InChI=1S/C18H25ClN6/c19-15-5-3-13(4-6-15)14-2-1-9-25(12-14)16-7-10-24(11-8-16)18-21-17(20)22-23-18/h3-6,14,16H,1-2,7-12H2,(H3,20,21,22,23). The van der Waals surface area contributed by atoms with Crippen molar-refractivity contribution in [2.45, 2.75) is 37.6 Å². The van der Waals surface area contributed by atoms with Crippen molar-refractivity contribution < 1.29 is 0 Å². The number of hydrogen-bond acceptors (Lipinski definition) is 5. The van der Waals surface area contributed by atoms with Gasteiger partial charge < -0.3 is 10.6 Å². The summed E-state index contributed by atoms with van der Waals surface area (Å²) in [5, 5.41) is 7.72. The SMILES string of the molecule is Nc1nc(N2CCC(N3CCCC(c4ccc(Cl)cc4)C3)CC2)n[nH]1. The molecule has 0 spiro atoms. The Kier molecular flexibility index (Phi) is 4.81. The van der Waals surface area contributed by atoms with Gasteiger partial charge >= 0.3 is 0 Å². The zero-order valence-corrected chi connectivity index (χ0v) is 15.1. The van der Waals surface area contributed by atoms with Gasteiger partial charge in [-0.25, -0.2) is 5.10 Å². The van der Waals surface area contributed by atoms with Gasteiger partial charge in [0, 0.05) is 30.7 Å². The Balaban J connectivity index is 1.35. The fourth-order valence-electron chi connectivity index (χ4n) is 4.18. The molecule has 25 heavy (non-hydrogen) atoms. The maximum Gasteiger partial charge on any atom is 0.246 e. The average Bonchev–Trinajstić information content (AvgIpc) is 3.09. The molecule has 2 aromatic rings. The van der Waals surface area contributed by atoms with Gasteiger partial charge in [-0.3, -0.25) is 4.90 Å². The van der Waals surface area contributed by atoms with Crippen molar-refractivity contribution in [2.75, 3.05) is 36.8 Å². The first-order chi connectivity index (χ1) is 12.2. The number of rotatable bonds is 3. The summed E-state index contributed by atoms with van der Waals surface area (Å²) in [6.45, 7) is 4.34. The number of piperidine rings is 2. The van der Waals surface area contributed by atoms with E-state index in [2.05, 4.69) is 37.1 Å². The molecule has 0 radical (unpaired) electrons. The van der Waals surface area contributed by atoms with Gasteiger partial charge in [-0.15, -0.1) is 5.10 Å². The minimum absolute atomic E-state index is 0.388. The van der Waals surface area contributed by atoms with Crippen LogP contribution in [0.3, 0.4) is 0 Å². The molecule has 2 aliphatic heterocycles. The zero-order valence-electron chi connectivity index (χ0n) is 14.4. The van der Waals surface area contributed by atoms with Crippen molar-refractivity contribution in [3.05, 3.63) is 34.9 Å². The van der Waals surface area contributed by atoms with Crippen LogP contribution in [0.4, 0.5) is 11.9 Å². The van der Waals surface area contributed by atoms with Crippen LogP contribution in [0.15, 0.2) is 24.3 Å². The Labute approximate surface area is 153 Å². The molecule has 2 saturated heterocycles. The Bertz CT molecular complexity index is 692. The van der Waals surface area contributed by atoms with Crippen LogP contribution < -0.4 is 10.6 Å². The first-order valence-electron chi connectivity index (χ1n) is 9.11. The topological polar surface area (TPSA) is 74.1 Å². The van der Waals surface area contributed by atoms with Gasteiger partial charge in [-0.05, 0) is 55.8 Å². The molecule has 0 saturated carbocycles. The van der Waals surface area contributed by atoms with Crippen molar-refractivity contribution in [1.82, 2.24) is 20.1 Å². The summed E-state index contributed by atoms with van der Waals surface area (Å²) in [5.41, 5.74) is 7.06. The number of halogens is 1. The Morgan fingerprint density at radius 2 is 1.84 bits per heavy atom. The van der Waals surface area contributed by atoms with E-state index in [1.165, 1.54) is 24.9 Å². The zero-order chi connectivity index (χ0) is 17.2. The number of H-pyrrole nitrogens is 1. The van der Waals surface area contributed by atoms with Gasteiger partial charge in [0.15, 0.2) is 0 Å². The summed E-state index contributed by atoms with van der Waals surface area (Å²) >= 11 is 6.03. The molecule has 3 N–H and O–H groups in total. The molecule has 1 unspecified atom stereocenters. The number of hydrogen-bond donors (Lipinski definition) is 2. The van der Waals surface area contributed by atoms with Crippen molar-refractivity contribution in [3.8, 4) is 0 Å². The first kappa shape index (κ1) is 16.7. The second-order valence-corrected chi connectivity index (χ2v) is 7.56. The molecular weight excluding hydrogens is 336 g/mol. The highest BCUT2D eigenvalue weighted by atomic mass is 35.5. The average molecular weight is 361 g/mol. The lowest BCUT2D eigenvalue weighted by atomic mass is 9.89. The fraction of sp³-hybridized carbons (Fsp3) is 0.556. The highest BCUT2D eigenvalue weighted by Crippen LogP contribution is 2.31. The third-order valence-electron chi connectivity index (χ3n) is 5.55. The first-order valence-corrected chi connectivity index (χ1v) is 9.49. The second-order valence-electron chi connectivity index (χ2n) is 7.12. The number of nitrogen functional groups attached to an aromatic ring is 1. The lowest BCUT2D eigenvalue weighted by Gasteiger charge is -2.42. The maximum atomic E-state index is 6.03. The van der Waals surface area contributed by atoms with E-state index in [1.54, 1.807) is 0 Å². The third kappa shape index (κ3) is 3.75. The molecule has 134 valence electrons. The number of nitrogens with two attached hydrogens (primary N) is 1. The third-order valence-corrected chi connectivity index (χ3v) is 5.80.